The van der Waals surface area contributed by atoms with Crippen LogP contribution >= 0.6 is 23.4 Å². The second-order valence-corrected chi connectivity index (χ2v) is 7.33. The summed E-state index contributed by atoms with van der Waals surface area (Å²) in [5.41, 5.74) is 1.74. The normalized spacial score (nSPS) is 11.8. The molecular weight excluding hydrogens is 398 g/mol. The van der Waals surface area contributed by atoms with E-state index in [1.165, 1.54) is 11.8 Å². The Hall–Kier alpha value is -2.51. The molecule has 1 atom stereocenters. The van der Waals surface area contributed by atoms with Gasteiger partial charge in [-0.1, -0.05) is 35.5 Å². The maximum atomic E-state index is 12.2. The number of ether oxygens (including phenoxy) is 1. The molecule has 0 radical (unpaired) electrons. The van der Waals surface area contributed by atoms with Gasteiger partial charge in [0.2, 0.25) is 11.8 Å². The first-order valence-corrected chi connectivity index (χ1v) is 10.2. The molecule has 0 aliphatic rings. The highest BCUT2D eigenvalue weighted by Crippen LogP contribution is 2.25. The molecule has 0 bridgehead atoms. The number of nitrogens with zero attached hydrogens (tertiary/aromatic N) is 2. The fraction of sp³-hybridized carbons (Fsp3) is 0.250. The Balaban J connectivity index is 1.53. The lowest BCUT2D eigenvalue weighted by molar-refractivity contribution is -0.119. The zero-order chi connectivity index (χ0) is 19.9. The zero-order valence-corrected chi connectivity index (χ0v) is 17.1. The summed E-state index contributed by atoms with van der Waals surface area (Å²) >= 11 is 7.18. The molecule has 6 nitrogen and oxygen atoms in total. The molecule has 0 aliphatic carbocycles. The van der Waals surface area contributed by atoms with Crippen LogP contribution in [-0.4, -0.2) is 28.5 Å². The highest BCUT2D eigenvalue weighted by atomic mass is 35.5. The van der Waals surface area contributed by atoms with Crippen molar-refractivity contribution < 1.29 is 13.9 Å². The molecule has 0 spiro atoms. The average Bonchev–Trinajstić information content (AvgIpc) is 3.16. The summed E-state index contributed by atoms with van der Waals surface area (Å²) in [5.74, 6) is 1.23. The molecule has 0 fully saturated rings. The van der Waals surface area contributed by atoms with E-state index in [0.29, 0.717) is 22.7 Å². The number of hydrogen-bond acceptors (Lipinski definition) is 6. The molecule has 8 heteroatoms. The van der Waals surface area contributed by atoms with Crippen LogP contribution in [0.25, 0.3) is 11.5 Å². The third-order valence-electron chi connectivity index (χ3n) is 3.87. The van der Waals surface area contributed by atoms with Crippen molar-refractivity contribution in [2.75, 3.05) is 12.4 Å². The van der Waals surface area contributed by atoms with Gasteiger partial charge in [-0.15, -0.1) is 10.2 Å². The SMILES string of the molecule is CCOc1ccc(-c2nnc(SCC(=O)N[C@@H](C)c3cccc(Cl)c3)o2)cc1. The summed E-state index contributed by atoms with van der Waals surface area (Å²) in [6, 6.07) is 14.7. The molecule has 0 unspecified atom stereocenters. The molecule has 1 heterocycles. The largest absolute Gasteiger partial charge is 0.494 e. The number of benzene rings is 2. The predicted octanol–water partition coefficient (Wildman–Crippen LogP) is 4.76. The average molecular weight is 418 g/mol. The molecule has 146 valence electrons. The minimum Gasteiger partial charge on any atom is -0.494 e. The van der Waals surface area contributed by atoms with E-state index in [1.54, 1.807) is 6.07 Å². The van der Waals surface area contributed by atoms with E-state index in [4.69, 9.17) is 20.8 Å². The van der Waals surface area contributed by atoms with Crippen LogP contribution in [-0.2, 0) is 4.79 Å². The van der Waals surface area contributed by atoms with Crippen LogP contribution in [0.15, 0.2) is 58.2 Å². The number of hydrogen-bond donors (Lipinski definition) is 1. The summed E-state index contributed by atoms with van der Waals surface area (Å²) in [7, 11) is 0. The first-order chi connectivity index (χ1) is 13.5. The first-order valence-electron chi connectivity index (χ1n) is 8.79. The van der Waals surface area contributed by atoms with Gasteiger partial charge in [0, 0.05) is 10.6 Å². The Kier molecular flexibility index (Phi) is 6.95. The van der Waals surface area contributed by atoms with Crippen LogP contribution in [0.4, 0.5) is 0 Å². The van der Waals surface area contributed by atoms with E-state index in [2.05, 4.69) is 15.5 Å². The molecule has 3 aromatic rings. The maximum absolute atomic E-state index is 12.2. The Morgan fingerprint density at radius 3 is 2.75 bits per heavy atom. The van der Waals surface area contributed by atoms with Gasteiger partial charge < -0.3 is 14.5 Å². The molecule has 0 aliphatic heterocycles. The Morgan fingerprint density at radius 2 is 2.04 bits per heavy atom. The summed E-state index contributed by atoms with van der Waals surface area (Å²) < 4.78 is 11.0. The minimum atomic E-state index is -0.145. The van der Waals surface area contributed by atoms with Crippen LogP contribution < -0.4 is 10.1 Å². The van der Waals surface area contributed by atoms with Gasteiger partial charge in [0.05, 0.1) is 18.4 Å². The van der Waals surface area contributed by atoms with Crippen molar-refractivity contribution >= 4 is 29.3 Å². The van der Waals surface area contributed by atoms with Crippen molar-refractivity contribution in [3.05, 3.63) is 59.1 Å². The molecule has 0 saturated heterocycles. The van der Waals surface area contributed by atoms with Crippen LogP contribution in [0, 0.1) is 0 Å². The number of nitrogens with one attached hydrogen (secondary N) is 1. The second kappa shape index (κ2) is 9.61. The minimum absolute atomic E-state index is 0.127. The molecule has 1 amide bonds. The third kappa shape index (κ3) is 5.50. The van der Waals surface area contributed by atoms with E-state index in [0.717, 1.165) is 16.9 Å². The smallest absolute Gasteiger partial charge is 0.277 e. The standard InChI is InChI=1S/C20H20ClN3O3S/c1-3-26-17-9-7-14(8-10-17)19-23-24-20(27-19)28-12-18(25)22-13(2)15-5-4-6-16(21)11-15/h4-11,13H,3,12H2,1-2H3,(H,22,25)/t13-/m0/s1. The van der Waals surface area contributed by atoms with Crippen molar-refractivity contribution in [2.24, 2.45) is 0 Å². The summed E-state index contributed by atoms with van der Waals surface area (Å²) in [5, 5.41) is 11.9. The van der Waals surface area contributed by atoms with Gasteiger partial charge in [0.25, 0.3) is 5.22 Å². The van der Waals surface area contributed by atoms with Crippen molar-refractivity contribution in [2.45, 2.75) is 25.1 Å². The van der Waals surface area contributed by atoms with Crippen LogP contribution in [0.3, 0.4) is 0 Å². The number of amides is 1. The Labute approximate surface area is 172 Å². The monoisotopic (exact) mass is 417 g/mol. The molecule has 1 N–H and O–H groups in total. The lowest BCUT2D eigenvalue weighted by atomic mass is 10.1. The number of halogens is 1. The van der Waals surface area contributed by atoms with E-state index in [9.17, 15) is 4.79 Å². The number of aromatic nitrogens is 2. The highest BCUT2D eigenvalue weighted by molar-refractivity contribution is 7.99. The van der Waals surface area contributed by atoms with Gasteiger partial charge in [-0.05, 0) is 55.8 Å². The quantitative estimate of drug-likeness (QED) is 0.532. The van der Waals surface area contributed by atoms with E-state index < -0.39 is 0 Å². The molecule has 2 aromatic carbocycles. The van der Waals surface area contributed by atoms with E-state index in [1.807, 2.05) is 56.3 Å². The van der Waals surface area contributed by atoms with Gasteiger partial charge in [0.15, 0.2) is 0 Å². The van der Waals surface area contributed by atoms with Crippen LogP contribution in [0.5, 0.6) is 5.75 Å². The fourth-order valence-electron chi connectivity index (χ4n) is 2.51. The van der Waals surface area contributed by atoms with Crippen molar-refractivity contribution in [3.63, 3.8) is 0 Å². The van der Waals surface area contributed by atoms with Crippen LogP contribution in [0.1, 0.15) is 25.5 Å². The Morgan fingerprint density at radius 1 is 1.25 bits per heavy atom. The van der Waals surface area contributed by atoms with Gasteiger partial charge in [0.1, 0.15) is 5.75 Å². The van der Waals surface area contributed by atoms with Gasteiger partial charge in [-0.3, -0.25) is 4.79 Å². The molecule has 1 aromatic heterocycles. The van der Waals surface area contributed by atoms with E-state index >= 15 is 0 Å². The molecular formula is C20H20ClN3O3S. The van der Waals surface area contributed by atoms with Gasteiger partial charge in [-0.25, -0.2) is 0 Å². The zero-order valence-electron chi connectivity index (χ0n) is 15.5. The summed E-state index contributed by atoms with van der Waals surface area (Å²) in [6.45, 7) is 4.45. The fourth-order valence-corrected chi connectivity index (χ4v) is 3.29. The highest BCUT2D eigenvalue weighted by Gasteiger charge is 2.14. The van der Waals surface area contributed by atoms with Crippen LogP contribution in [0.2, 0.25) is 5.02 Å². The number of carbonyl (C=O) groups excluding carboxylic acids is 1. The molecule has 28 heavy (non-hydrogen) atoms. The summed E-state index contributed by atoms with van der Waals surface area (Å²) in [6.07, 6.45) is 0. The second-order valence-electron chi connectivity index (χ2n) is 5.96. The van der Waals surface area contributed by atoms with E-state index in [-0.39, 0.29) is 17.7 Å². The summed E-state index contributed by atoms with van der Waals surface area (Å²) in [4.78, 5) is 12.2. The number of rotatable bonds is 8. The van der Waals surface area contributed by atoms with Crippen molar-refractivity contribution in [1.82, 2.24) is 15.5 Å². The molecule has 3 rings (SSSR count). The topological polar surface area (TPSA) is 77.2 Å². The predicted molar refractivity (Wildman–Crippen MR) is 110 cm³/mol. The van der Waals surface area contributed by atoms with Gasteiger partial charge >= 0.3 is 0 Å². The van der Waals surface area contributed by atoms with Crippen molar-refractivity contribution in [3.8, 4) is 17.2 Å². The molecule has 0 saturated carbocycles. The van der Waals surface area contributed by atoms with Crippen molar-refractivity contribution in [1.29, 1.82) is 0 Å². The van der Waals surface area contributed by atoms with Gasteiger partial charge in [-0.2, -0.15) is 0 Å². The maximum Gasteiger partial charge on any atom is 0.277 e. The Bertz CT molecular complexity index is 930. The number of carbonyl (C=O) groups is 1. The third-order valence-corrected chi connectivity index (χ3v) is 4.93. The lowest BCUT2D eigenvalue weighted by Gasteiger charge is -2.14. The lowest BCUT2D eigenvalue weighted by Crippen LogP contribution is -2.28. The first kappa shape index (κ1) is 20.2. The number of thioether (sulfide) groups is 1.